The van der Waals surface area contributed by atoms with Crippen LogP contribution in [-0.2, 0) is 0 Å². The fourth-order valence-corrected chi connectivity index (χ4v) is 9.77. The zero-order chi connectivity index (χ0) is 41.5. The number of benzene rings is 6. The van der Waals surface area contributed by atoms with Gasteiger partial charge in [-0.2, -0.15) is 0 Å². The van der Waals surface area contributed by atoms with Gasteiger partial charge >= 0.3 is 0 Å². The van der Waals surface area contributed by atoms with Gasteiger partial charge in [-0.15, -0.1) is 22.7 Å². The van der Waals surface area contributed by atoms with E-state index in [9.17, 15) is 9.59 Å². The van der Waals surface area contributed by atoms with Crippen LogP contribution in [0.5, 0.6) is 0 Å². The van der Waals surface area contributed by atoms with E-state index in [4.69, 9.17) is 15.0 Å². The number of thiazole rings is 2. The lowest BCUT2D eigenvalue weighted by molar-refractivity contribution is 0.0975. The second-order valence-electron chi connectivity index (χ2n) is 14.6. The number of allylic oxidation sites excluding steroid dienone is 1. The molecule has 294 valence electrons. The molecule has 0 aliphatic carbocycles. The van der Waals surface area contributed by atoms with Gasteiger partial charge in [0.25, 0.3) is 11.8 Å². The first-order chi connectivity index (χ1) is 29.9. The average molecular weight is 829 g/mol. The zero-order valence-corrected chi connectivity index (χ0v) is 34.7. The molecule has 3 aromatic heterocycles. The summed E-state index contributed by atoms with van der Waals surface area (Å²) in [5.74, 6) is 0.381. The molecule has 2 amide bonds. The van der Waals surface area contributed by atoms with E-state index in [1.165, 1.54) is 0 Å². The summed E-state index contributed by atoms with van der Waals surface area (Å²) in [5, 5.41) is 7.92. The number of amidine groups is 1. The van der Waals surface area contributed by atoms with Crippen molar-refractivity contribution in [1.29, 1.82) is 0 Å². The number of para-hydroxylation sites is 2. The molecule has 61 heavy (non-hydrogen) atoms. The number of H-pyrrole nitrogens is 1. The van der Waals surface area contributed by atoms with Gasteiger partial charge in [-0.05, 0) is 78.6 Å². The van der Waals surface area contributed by atoms with Gasteiger partial charge in [0.1, 0.15) is 21.7 Å². The number of amides is 2. The number of hydrogen-bond acceptors (Lipinski definition) is 7. The molecule has 0 radical (unpaired) electrons. The maximum atomic E-state index is 14.2. The van der Waals surface area contributed by atoms with Gasteiger partial charge in [-0.3, -0.25) is 9.59 Å². The largest absolute Gasteiger partial charge is 0.341 e. The number of nitrogens with one attached hydrogen (secondary N) is 3. The summed E-state index contributed by atoms with van der Waals surface area (Å²) in [6.07, 6.45) is 2.01. The number of aryl methyl sites for hydroxylation is 2. The molecule has 0 saturated heterocycles. The van der Waals surface area contributed by atoms with Crippen molar-refractivity contribution >= 4 is 83.8 Å². The molecule has 6 aromatic carbocycles. The van der Waals surface area contributed by atoms with Gasteiger partial charge in [0.2, 0.25) is 0 Å². The highest BCUT2D eigenvalue weighted by molar-refractivity contribution is 7.21. The summed E-state index contributed by atoms with van der Waals surface area (Å²) >= 11 is 3.12. The molecule has 1 aliphatic rings. The normalized spacial score (nSPS) is 13.3. The monoisotopic (exact) mass is 828 g/mol. The molecule has 4 heterocycles. The van der Waals surface area contributed by atoms with E-state index in [1.54, 1.807) is 22.7 Å². The van der Waals surface area contributed by atoms with Crippen molar-refractivity contribution in [2.24, 2.45) is 4.99 Å². The van der Waals surface area contributed by atoms with E-state index in [0.29, 0.717) is 39.7 Å². The van der Waals surface area contributed by atoms with Crippen LogP contribution in [0.2, 0.25) is 0 Å². The fraction of sp³-hybridized carbons (Fsp3) is 0.0392. The number of rotatable bonds is 8. The minimum Gasteiger partial charge on any atom is -0.341 e. The molecule has 0 fully saturated rings. The van der Waals surface area contributed by atoms with Crippen LogP contribution in [0.1, 0.15) is 48.1 Å². The molecule has 3 N–H and O–H groups in total. The Kier molecular flexibility index (Phi) is 9.84. The van der Waals surface area contributed by atoms with Crippen LogP contribution in [0.25, 0.3) is 59.4 Å². The summed E-state index contributed by atoms with van der Waals surface area (Å²) in [4.78, 5) is 47.4. The smallest absolute Gasteiger partial charge is 0.257 e. The van der Waals surface area contributed by atoms with Crippen LogP contribution in [0.15, 0.2) is 168 Å². The molecule has 0 bridgehead atoms. The van der Waals surface area contributed by atoms with Crippen molar-refractivity contribution in [3.63, 3.8) is 0 Å². The van der Waals surface area contributed by atoms with Crippen LogP contribution in [0, 0.1) is 13.8 Å². The molecular formula is C51H36N6O2S2. The Morgan fingerprint density at radius 1 is 0.541 bits per heavy atom. The SMILES string of the molecule is Cc1ccccc1C(=O)NC1=N/C(=C\c2[nH]c(NC(=O)c3ccccc3C)c(-c3nc4ccccc4s3)c2-c2ccccc2)C(c2ccccc2)=C1c1nc2ccccc2s1. The van der Waals surface area contributed by atoms with Gasteiger partial charge < -0.3 is 15.6 Å². The van der Waals surface area contributed by atoms with Crippen LogP contribution in [-0.4, -0.2) is 32.6 Å². The van der Waals surface area contributed by atoms with Gasteiger partial charge in [-0.1, -0.05) is 121 Å². The molecule has 10 heteroatoms. The second-order valence-corrected chi connectivity index (χ2v) is 16.7. The number of carbonyl (C=O) groups excluding carboxylic acids is 2. The lowest BCUT2D eigenvalue weighted by Gasteiger charge is -2.11. The van der Waals surface area contributed by atoms with Crippen LogP contribution >= 0.6 is 22.7 Å². The highest BCUT2D eigenvalue weighted by Gasteiger charge is 2.32. The highest BCUT2D eigenvalue weighted by Crippen LogP contribution is 2.47. The number of fused-ring (bicyclic) bond motifs is 2. The first-order valence-corrected chi connectivity index (χ1v) is 21.4. The third kappa shape index (κ3) is 7.18. The molecule has 1 aliphatic heterocycles. The molecule has 8 nitrogen and oxygen atoms in total. The van der Waals surface area contributed by atoms with Crippen molar-refractivity contribution < 1.29 is 9.59 Å². The third-order valence-electron chi connectivity index (χ3n) is 10.7. The van der Waals surface area contributed by atoms with Crippen LogP contribution in [0.4, 0.5) is 5.82 Å². The van der Waals surface area contributed by atoms with E-state index < -0.39 is 0 Å². The number of aromatic amines is 1. The van der Waals surface area contributed by atoms with Crippen LogP contribution in [0.3, 0.4) is 0 Å². The maximum absolute atomic E-state index is 14.2. The van der Waals surface area contributed by atoms with Gasteiger partial charge in [-0.25, -0.2) is 15.0 Å². The number of aliphatic imine (C=N–C) groups is 1. The molecular weight excluding hydrogens is 793 g/mol. The number of aromatic nitrogens is 3. The molecule has 10 rings (SSSR count). The minimum absolute atomic E-state index is 0.247. The average Bonchev–Trinajstić information content (AvgIpc) is 4.07. The van der Waals surface area contributed by atoms with E-state index in [0.717, 1.165) is 69.4 Å². The van der Waals surface area contributed by atoms with Crippen molar-refractivity contribution in [3.05, 3.63) is 202 Å². The van der Waals surface area contributed by atoms with E-state index in [1.807, 2.05) is 153 Å². The Morgan fingerprint density at radius 2 is 1.05 bits per heavy atom. The quantitative estimate of drug-likeness (QED) is 0.142. The van der Waals surface area contributed by atoms with Crippen LogP contribution < -0.4 is 10.6 Å². The minimum atomic E-state index is -0.270. The van der Waals surface area contributed by atoms with Gasteiger partial charge in [0.05, 0.1) is 43.0 Å². The first kappa shape index (κ1) is 37.7. The third-order valence-corrected chi connectivity index (χ3v) is 12.8. The Hall–Kier alpha value is -7.53. The van der Waals surface area contributed by atoms with E-state index in [-0.39, 0.29) is 11.8 Å². The van der Waals surface area contributed by atoms with Crippen molar-refractivity contribution in [3.8, 4) is 21.7 Å². The number of carbonyl (C=O) groups is 2. The lowest BCUT2D eigenvalue weighted by Crippen LogP contribution is -2.31. The molecule has 0 spiro atoms. The van der Waals surface area contributed by atoms with Gasteiger partial charge in [0.15, 0.2) is 0 Å². The van der Waals surface area contributed by atoms with E-state index >= 15 is 0 Å². The Labute approximate surface area is 359 Å². The zero-order valence-electron chi connectivity index (χ0n) is 33.1. The fourth-order valence-electron chi connectivity index (χ4n) is 7.72. The second kappa shape index (κ2) is 15.9. The Bertz CT molecular complexity index is 3200. The summed E-state index contributed by atoms with van der Waals surface area (Å²) in [7, 11) is 0. The van der Waals surface area contributed by atoms with E-state index in [2.05, 4.69) is 39.9 Å². The summed E-state index contributed by atoms with van der Waals surface area (Å²) in [6.45, 7) is 3.85. The topological polar surface area (TPSA) is 112 Å². The first-order valence-electron chi connectivity index (χ1n) is 19.8. The predicted molar refractivity (Wildman–Crippen MR) is 251 cm³/mol. The molecule has 9 aromatic rings. The number of anilines is 1. The number of hydrogen-bond donors (Lipinski definition) is 3. The molecule has 0 unspecified atom stereocenters. The summed E-state index contributed by atoms with van der Waals surface area (Å²) < 4.78 is 2.04. The van der Waals surface area contributed by atoms with Crippen molar-refractivity contribution in [2.45, 2.75) is 13.8 Å². The molecule has 0 atom stereocenters. The number of nitrogens with zero attached hydrogens (tertiary/aromatic N) is 3. The predicted octanol–water partition coefficient (Wildman–Crippen LogP) is 12.2. The lowest BCUT2D eigenvalue weighted by atomic mass is 9.96. The van der Waals surface area contributed by atoms with Crippen molar-refractivity contribution in [2.75, 3.05) is 5.32 Å². The maximum Gasteiger partial charge on any atom is 0.257 e. The molecule has 0 saturated carbocycles. The standard InChI is InChI=1S/C51H36N6O2S2/c1-30-17-9-11-23-34(30)48(58)56-46-44(50-54-36-25-13-15-27-40(36)60-50)42(32-19-5-3-6-20-32)38(52-46)29-39-43(33-21-7-4-8-22-33)45(51-55-37-26-14-16-28-41(37)61-51)47(53-39)57-49(59)35-24-12-10-18-31(35)2/h3-29,52H,1-2H3,(H,56,58)(H,53,57,59)/b39-29-. The Morgan fingerprint density at radius 3 is 1.66 bits per heavy atom. The van der Waals surface area contributed by atoms with Gasteiger partial charge in [0, 0.05) is 22.3 Å². The summed E-state index contributed by atoms with van der Waals surface area (Å²) in [6, 6.07) is 51.3. The highest BCUT2D eigenvalue weighted by atomic mass is 32.1. The Balaban J connectivity index is 1.24. The summed E-state index contributed by atoms with van der Waals surface area (Å²) in [5.41, 5.74) is 10.8. The van der Waals surface area contributed by atoms with Crippen molar-refractivity contribution in [1.82, 2.24) is 20.3 Å².